The number of hydrogen-bond donors (Lipinski definition) is 2. The predicted octanol–water partition coefficient (Wildman–Crippen LogP) is 6.19. The minimum Gasteiger partial charge on any atom is -0.481 e. The number of carbonyl (C=O) groups is 3. The molecule has 6 rings (SSSR count). The summed E-state index contributed by atoms with van der Waals surface area (Å²) in [6, 6.07) is 21.5. The molecule has 0 radical (unpaired) electrons. The van der Waals surface area contributed by atoms with Crippen molar-refractivity contribution in [3.63, 3.8) is 0 Å². The molecule has 230 valence electrons. The molecule has 3 aromatic carbocycles. The average Bonchev–Trinajstić information content (AvgIpc) is 3.84. The second kappa shape index (κ2) is 13.2. The Morgan fingerprint density at radius 3 is 2.32 bits per heavy atom. The number of benzene rings is 3. The molecular formula is C36H41N3O5. The number of morpholine rings is 1. The van der Waals surface area contributed by atoms with E-state index >= 15 is 0 Å². The highest BCUT2D eigenvalue weighted by atomic mass is 16.5. The highest BCUT2D eigenvalue weighted by molar-refractivity contribution is 5.97. The van der Waals surface area contributed by atoms with Crippen molar-refractivity contribution < 1.29 is 24.2 Å². The third kappa shape index (κ3) is 6.97. The van der Waals surface area contributed by atoms with Crippen LogP contribution in [-0.4, -0.2) is 54.1 Å². The Morgan fingerprint density at radius 2 is 1.66 bits per heavy atom. The van der Waals surface area contributed by atoms with Crippen molar-refractivity contribution >= 4 is 29.2 Å². The fraction of sp³-hybridized carbons (Fsp3) is 0.417. The second-order valence-corrected chi connectivity index (χ2v) is 12.4. The molecule has 2 N–H and O–H groups in total. The number of anilines is 2. The lowest BCUT2D eigenvalue weighted by Crippen LogP contribution is -2.37. The van der Waals surface area contributed by atoms with Crippen LogP contribution in [0.5, 0.6) is 0 Å². The number of nitrogens with zero attached hydrogens (tertiary/aromatic N) is 2. The lowest BCUT2D eigenvalue weighted by Gasteiger charge is -2.32. The number of rotatable bonds is 11. The van der Waals surface area contributed by atoms with E-state index in [1.165, 1.54) is 0 Å². The SMILES string of the molecule is Cc1ccc(C(CC(=O)O)N(Cc2cccc(-c3ccc(N4CCOCC4)c(NC(=O)C4CCC4)c3)c2)C(=O)C2CC2)cc1. The van der Waals surface area contributed by atoms with Gasteiger partial charge in [-0.05, 0) is 73.1 Å². The predicted molar refractivity (Wildman–Crippen MR) is 170 cm³/mol. The highest BCUT2D eigenvalue weighted by Gasteiger charge is 2.37. The van der Waals surface area contributed by atoms with E-state index < -0.39 is 12.0 Å². The normalized spacial score (nSPS) is 17.4. The van der Waals surface area contributed by atoms with Crippen molar-refractivity contribution in [2.45, 2.75) is 58.0 Å². The van der Waals surface area contributed by atoms with Crippen molar-refractivity contribution in [3.05, 3.63) is 83.4 Å². The molecule has 8 nitrogen and oxygen atoms in total. The summed E-state index contributed by atoms with van der Waals surface area (Å²) in [5.74, 6) is -0.824. The molecule has 0 spiro atoms. The molecule has 3 aromatic rings. The van der Waals surface area contributed by atoms with Crippen LogP contribution in [0.4, 0.5) is 11.4 Å². The number of aryl methyl sites for hydroxylation is 1. The summed E-state index contributed by atoms with van der Waals surface area (Å²) in [5, 5.41) is 13.1. The average molecular weight is 596 g/mol. The first-order valence-corrected chi connectivity index (χ1v) is 15.8. The van der Waals surface area contributed by atoms with Crippen molar-refractivity contribution in [1.82, 2.24) is 4.90 Å². The van der Waals surface area contributed by atoms with Crippen molar-refractivity contribution in [2.75, 3.05) is 36.5 Å². The van der Waals surface area contributed by atoms with Gasteiger partial charge in [-0.15, -0.1) is 0 Å². The minimum absolute atomic E-state index is 0.0121. The largest absolute Gasteiger partial charge is 0.481 e. The van der Waals surface area contributed by atoms with E-state index in [2.05, 4.69) is 28.4 Å². The van der Waals surface area contributed by atoms with Crippen molar-refractivity contribution in [1.29, 1.82) is 0 Å². The third-order valence-corrected chi connectivity index (χ3v) is 9.11. The number of amides is 2. The first kappa shape index (κ1) is 29.9. The van der Waals surface area contributed by atoms with Crippen LogP contribution in [0, 0.1) is 18.8 Å². The van der Waals surface area contributed by atoms with Crippen LogP contribution in [0.15, 0.2) is 66.7 Å². The Kier molecular flexibility index (Phi) is 8.98. The molecule has 3 fully saturated rings. The maximum atomic E-state index is 13.6. The Labute approximate surface area is 259 Å². The monoisotopic (exact) mass is 595 g/mol. The van der Waals surface area contributed by atoms with Gasteiger partial charge in [0.15, 0.2) is 0 Å². The smallest absolute Gasteiger partial charge is 0.305 e. The second-order valence-electron chi connectivity index (χ2n) is 12.4. The van der Waals surface area contributed by atoms with Crippen LogP contribution < -0.4 is 10.2 Å². The van der Waals surface area contributed by atoms with Gasteiger partial charge in [0.05, 0.1) is 37.1 Å². The number of ether oxygens (including phenoxy) is 1. The fourth-order valence-corrected chi connectivity index (χ4v) is 6.12. The van der Waals surface area contributed by atoms with Gasteiger partial charge in [0, 0.05) is 31.5 Å². The van der Waals surface area contributed by atoms with E-state index in [4.69, 9.17) is 4.74 Å². The zero-order valence-electron chi connectivity index (χ0n) is 25.3. The van der Waals surface area contributed by atoms with E-state index in [9.17, 15) is 19.5 Å². The summed E-state index contributed by atoms with van der Waals surface area (Å²) in [6.45, 7) is 5.15. The van der Waals surface area contributed by atoms with E-state index in [1.54, 1.807) is 4.90 Å². The molecule has 8 heteroatoms. The minimum atomic E-state index is -0.935. The molecule has 3 aliphatic rings. The first-order chi connectivity index (χ1) is 21.4. The van der Waals surface area contributed by atoms with Crippen LogP contribution in [0.3, 0.4) is 0 Å². The van der Waals surface area contributed by atoms with Gasteiger partial charge in [-0.2, -0.15) is 0 Å². The molecule has 0 bridgehead atoms. The van der Waals surface area contributed by atoms with Crippen molar-refractivity contribution in [3.8, 4) is 11.1 Å². The molecule has 2 saturated carbocycles. The van der Waals surface area contributed by atoms with Crippen molar-refractivity contribution in [2.24, 2.45) is 11.8 Å². The molecule has 1 unspecified atom stereocenters. The molecule has 1 saturated heterocycles. The molecule has 1 aliphatic heterocycles. The molecule has 1 atom stereocenters. The number of hydrogen-bond acceptors (Lipinski definition) is 5. The van der Waals surface area contributed by atoms with Crippen LogP contribution in [0.1, 0.15) is 61.3 Å². The number of carboxylic acid groups (broad SMARTS) is 1. The fourth-order valence-electron chi connectivity index (χ4n) is 6.12. The van der Waals surface area contributed by atoms with Crippen LogP contribution in [0.25, 0.3) is 11.1 Å². The lowest BCUT2D eigenvalue weighted by molar-refractivity contribution is -0.142. The van der Waals surface area contributed by atoms with Gasteiger partial charge in [-0.3, -0.25) is 14.4 Å². The van der Waals surface area contributed by atoms with Crippen LogP contribution in [0.2, 0.25) is 0 Å². The maximum absolute atomic E-state index is 13.6. The maximum Gasteiger partial charge on any atom is 0.305 e. The summed E-state index contributed by atoms with van der Waals surface area (Å²) < 4.78 is 5.56. The standard InChI is InChI=1S/C36H41N3O5/c1-24-8-10-26(11-9-24)33(22-34(40)41)39(36(43)28-12-13-28)23-25-4-2-7-29(20-25)30-14-15-32(38-16-18-44-19-17-38)31(21-30)37-35(42)27-5-3-6-27/h2,4,7-11,14-15,20-21,27-28,33H,3,5-6,12-13,16-19,22-23H2,1H3,(H,37,42)(H,40,41). The molecule has 2 amide bonds. The van der Waals surface area contributed by atoms with Gasteiger partial charge in [-0.25, -0.2) is 0 Å². The van der Waals surface area contributed by atoms with E-state index in [1.807, 2.05) is 55.5 Å². The van der Waals surface area contributed by atoms with Gasteiger partial charge < -0.3 is 25.0 Å². The van der Waals surface area contributed by atoms with Gasteiger partial charge >= 0.3 is 5.97 Å². The van der Waals surface area contributed by atoms with E-state index in [0.29, 0.717) is 19.8 Å². The van der Waals surface area contributed by atoms with E-state index in [-0.39, 0.29) is 30.1 Å². The summed E-state index contributed by atoms with van der Waals surface area (Å²) >= 11 is 0. The van der Waals surface area contributed by atoms with E-state index in [0.717, 1.165) is 84.4 Å². The van der Waals surface area contributed by atoms with Gasteiger partial charge in [0.25, 0.3) is 0 Å². The first-order valence-electron chi connectivity index (χ1n) is 15.8. The lowest BCUT2D eigenvalue weighted by atomic mass is 9.85. The summed E-state index contributed by atoms with van der Waals surface area (Å²) in [6.07, 6.45) is 4.48. The summed E-state index contributed by atoms with van der Waals surface area (Å²) in [7, 11) is 0. The molecular weight excluding hydrogens is 554 g/mol. The molecule has 0 aromatic heterocycles. The number of carboxylic acids is 1. The summed E-state index contributed by atoms with van der Waals surface area (Å²) in [4.78, 5) is 42.7. The summed E-state index contributed by atoms with van der Waals surface area (Å²) in [5.41, 5.74) is 6.57. The zero-order valence-corrected chi connectivity index (χ0v) is 25.3. The van der Waals surface area contributed by atoms with Crippen LogP contribution >= 0.6 is 0 Å². The number of aliphatic carboxylic acids is 1. The Balaban J connectivity index is 1.30. The van der Waals surface area contributed by atoms with Gasteiger partial charge in [-0.1, -0.05) is 60.5 Å². The third-order valence-electron chi connectivity index (χ3n) is 9.11. The Hall–Kier alpha value is -4.17. The highest BCUT2D eigenvalue weighted by Crippen LogP contribution is 2.38. The molecule has 44 heavy (non-hydrogen) atoms. The zero-order chi connectivity index (χ0) is 30.6. The topological polar surface area (TPSA) is 99.2 Å². The number of nitrogens with one attached hydrogen (secondary N) is 1. The van der Waals surface area contributed by atoms with Gasteiger partial charge in [0.2, 0.25) is 11.8 Å². The molecule has 1 heterocycles. The van der Waals surface area contributed by atoms with Gasteiger partial charge in [0.1, 0.15) is 0 Å². The Bertz CT molecular complexity index is 1510. The van der Waals surface area contributed by atoms with Crippen LogP contribution in [-0.2, 0) is 25.7 Å². The quantitative estimate of drug-likeness (QED) is 0.274. The molecule has 2 aliphatic carbocycles. The number of carbonyl (C=O) groups excluding carboxylic acids is 2. The Morgan fingerprint density at radius 1 is 0.932 bits per heavy atom.